The Hall–Kier alpha value is -0.650. The minimum absolute atomic E-state index is 0.302. The van der Waals surface area contributed by atoms with Crippen molar-refractivity contribution in [2.24, 2.45) is 11.7 Å². The van der Waals surface area contributed by atoms with Crippen molar-refractivity contribution < 1.29 is 9.53 Å². The Bertz CT molecular complexity index is 269. The molecule has 1 aliphatic carbocycles. The topological polar surface area (TPSA) is 67.6 Å². The van der Waals surface area contributed by atoms with Gasteiger partial charge in [-0.2, -0.15) is 0 Å². The summed E-state index contributed by atoms with van der Waals surface area (Å²) in [7, 11) is 3.81. The molecule has 1 saturated carbocycles. The minimum Gasteiger partial charge on any atom is -0.380 e. The first-order valence-electron chi connectivity index (χ1n) is 6.73. The van der Waals surface area contributed by atoms with Gasteiger partial charge in [0.15, 0.2) is 0 Å². The number of carbonyl (C=O) groups excluding carboxylic acids is 1. The van der Waals surface area contributed by atoms with Crippen LogP contribution in [-0.2, 0) is 9.53 Å². The molecule has 0 spiro atoms. The van der Waals surface area contributed by atoms with E-state index in [4.69, 9.17) is 10.5 Å². The van der Waals surface area contributed by atoms with Gasteiger partial charge in [0, 0.05) is 19.7 Å². The van der Waals surface area contributed by atoms with E-state index in [-0.39, 0.29) is 5.91 Å². The third kappa shape index (κ3) is 5.33. The van der Waals surface area contributed by atoms with Gasteiger partial charge in [-0.3, -0.25) is 4.79 Å². The normalized spacial score (nSPS) is 18.9. The summed E-state index contributed by atoms with van der Waals surface area (Å²) in [5.41, 5.74) is 4.76. The first-order valence-corrected chi connectivity index (χ1v) is 6.73. The smallest absolute Gasteiger partial charge is 0.237 e. The van der Waals surface area contributed by atoms with Crippen molar-refractivity contribution in [1.29, 1.82) is 0 Å². The summed E-state index contributed by atoms with van der Waals surface area (Å²) in [6.07, 6.45) is 3.36. The van der Waals surface area contributed by atoms with Gasteiger partial charge in [0.05, 0.1) is 12.1 Å². The molecule has 1 amide bonds. The van der Waals surface area contributed by atoms with Crippen LogP contribution >= 0.6 is 0 Å². The maximum absolute atomic E-state index is 11.3. The van der Waals surface area contributed by atoms with Crippen molar-refractivity contribution in [2.75, 3.05) is 40.4 Å². The van der Waals surface area contributed by atoms with Gasteiger partial charge in [0.25, 0.3) is 0 Å². The highest BCUT2D eigenvalue weighted by atomic mass is 16.5. The molecule has 0 aromatic heterocycles. The van der Waals surface area contributed by atoms with Gasteiger partial charge >= 0.3 is 0 Å². The molecule has 18 heavy (non-hydrogen) atoms. The fourth-order valence-electron chi connectivity index (χ4n) is 1.65. The molecule has 0 aromatic rings. The number of hydrogen-bond acceptors (Lipinski definition) is 4. The quantitative estimate of drug-likeness (QED) is 0.549. The lowest BCUT2D eigenvalue weighted by Gasteiger charge is -2.28. The lowest BCUT2D eigenvalue weighted by molar-refractivity contribution is -0.124. The number of rotatable bonds is 10. The van der Waals surface area contributed by atoms with Crippen LogP contribution in [0, 0.1) is 5.92 Å². The maximum Gasteiger partial charge on any atom is 0.237 e. The minimum atomic E-state index is -0.622. The highest BCUT2D eigenvalue weighted by Gasteiger charge is 2.28. The van der Waals surface area contributed by atoms with Crippen LogP contribution in [0.1, 0.15) is 26.2 Å². The van der Waals surface area contributed by atoms with Crippen LogP contribution in [0.25, 0.3) is 0 Å². The Morgan fingerprint density at radius 2 is 2.17 bits per heavy atom. The third-order valence-corrected chi connectivity index (χ3v) is 3.76. The Morgan fingerprint density at radius 1 is 1.50 bits per heavy atom. The highest BCUT2D eigenvalue weighted by Crippen LogP contribution is 2.28. The standard InChI is InChI=1S/C13H27N3O2/c1-13(15-2,12(14)17)6-7-16(3)8-9-18-10-11-4-5-11/h11,15H,4-10H2,1-3H3,(H2,14,17). The molecule has 5 heteroatoms. The number of likely N-dealkylation sites (N-methyl/N-ethyl adjacent to an activating group) is 2. The Balaban J connectivity index is 2.10. The average molecular weight is 257 g/mol. The van der Waals surface area contributed by atoms with Gasteiger partial charge in [-0.05, 0) is 46.2 Å². The van der Waals surface area contributed by atoms with Crippen molar-refractivity contribution in [2.45, 2.75) is 31.7 Å². The van der Waals surface area contributed by atoms with Crippen molar-refractivity contribution >= 4 is 5.91 Å². The van der Waals surface area contributed by atoms with E-state index < -0.39 is 5.54 Å². The molecule has 1 fully saturated rings. The van der Waals surface area contributed by atoms with Crippen molar-refractivity contribution in [3.05, 3.63) is 0 Å². The monoisotopic (exact) mass is 257 g/mol. The summed E-state index contributed by atoms with van der Waals surface area (Å²) >= 11 is 0. The molecule has 0 heterocycles. The van der Waals surface area contributed by atoms with Crippen molar-refractivity contribution in [3.8, 4) is 0 Å². The van der Waals surface area contributed by atoms with E-state index in [1.165, 1.54) is 12.8 Å². The number of ether oxygens (including phenoxy) is 1. The van der Waals surface area contributed by atoms with Gasteiger partial charge in [-0.1, -0.05) is 0 Å². The molecule has 0 bridgehead atoms. The Labute approximate surface area is 110 Å². The summed E-state index contributed by atoms with van der Waals surface area (Å²) in [6, 6.07) is 0. The number of amides is 1. The predicted molar refractivity (Wildman–Crippen MR) is 72.3 cm³/mol. The van der Waals surface area contributed by atoms with Crippen molar-refractivity contribution in [3.63, 3.8) is 0 Å². The van der Waals surface area contributed by atoms with Gasteiger partial charge in [-0.15, -0.1) is 0 Å². The largest absolute Gasteiger partial charge is 0.380 e. The summed E-state index contributed by atoms with van der Waals surface area (Å²) in [4.78, 5) is 13.5. The lowest BCUT2D eigenvalue weighted by Crippen LogP contribution is -2.53. The first-order chi connectivity index (χ1) is 8.48. The second kappa shape index (κ2) is 7.07. The average Bonchev–Trinajstić information content (AvgIpc) is 3.15. The third-order valence-electron chi connectivity index (χ3n) is 3.76. The number of nitrogens with zero attached hydrogens (tertiary/aromatic N) is 1. The second-order valence-corrected chi connectivity index (χ2v) is 5.52. The molecule has 0 radical (unpaired) electrons. The van der Waals surface area contributed by atoms with Crippen LogP contribution in [0.15, 0.2) is 0 Å². The van der Waals surface area contributed by atoms with Crippen LogP contribution in [0.5, 0.6) is 0 Å². The molecule has 0 aromatic carbocycles. The van der Waals surface area contributed by atoms with Crippen LogP contribution in [-0.4, -0.2) is 56.7 Å². The molecule has 1 rings (SSSR count). The number of nitrogens with one attached hydrogen (secondary N) is 1. The van der Waals surface area contributed by atoms with Gasteiger partial charge in [0.1, 0.15) is 0 Å². The van der Waals surface area contributed by atoms with Crippen molar-refractivity contribution in [1.82, 2.24) is 10.2 Å². The van der Waals surface area contributed by atoms with E-state index in [2.05, 4.69) is 10.2 Å². The number of hydrogen-bond donors (Lipinski definition) is 2. The van der Waals surface area contributed by atoms with Crippen LogP contribution in [0.4, 0.5) is 0 Å². The summed E-state index contributed by atoms with van der Waals surface area (Å²) in [6.45, 7) is 5.23. The molecule has 0 saturated heterocycles. The highest BCUT2D eigenvalue weighted by molar-refractivity contribution is 5.84. The molecule has 3 N–H and O–H groups in total. The fourth-order valence-corrected chi connectivity index (χ4v) is 1.65. The SMILES string of the molecule is CNC(C)(CCN(C)CCOCC1CC1)C(N)=O. The molecule has 106 valence electrons. The zero-order valence-corrected chi connectivity index (χ0v) is 11.9. The number of nitrogens with two attached hydrogens (primary N) is 1. The second-order valence-electron chi connectivity index (χ2n) is 5.52. The van der Waals surface area contributed by atoms with E-state index >= 15 is 0 Å². The summed E-state index contributed by atoms with van der Waals surface area (Å²) in [5, 5.41) is 2.99. The Morgan fingerprint density at radius 3 is 2.67 bits per heavy atom. The van der Waals surface area contributed by atoms with Gasteiger partial charge in [0.2, 0.25) is 5.91 Å². The van der Waals surface area contributed by atoms with Crippen LogP contribution in [0.3, 0.4) is 0 Å². The van der Waals surface area contributed by atoms with Gasteiger partial charge in [-0.25, -0.2) is 0 Å². The van der Waals surface area contributed by atoms with Crippen LogP contribution in [0.2, 0.25) is 0 Å². The predicted octanol–water partition coefficient (Wildman–Crippen LogP) is 0.198. The number of carbonyl (C=O) groups is 1. The van der Waals surface area contributed by atoms with E-state index in [1.54, 1.807) is 7.05 Å². The van der Waals surface area contributed by atoms with Gasteiger partial charge < -0.3 is 20.7 Å². The molecule has 1 unspecified atom stereocenters. The fraction of sp³-hybridized carbons (Fsp3) is 0.923. The first kappa shape index (κ1) is 15.4. The van der Waals surface area contributed by atoms with E-state index in [9.17, 15) is 4.79 Å². The zero-order chi connectivity index (χ0) is 13.6. The molecular formula is C13H27N3O2. The molecule has 1 atom stereocenters. The zero-order valence-electron chi connectivity index (χ0n) is 11.9. The Kier molecular flexibility index (Phi) is 6.05. The van der Waals surface area contributed by atoms with Crippen LogP contribution < -0.4 is 11.1 Å². The molecule has 1 aliphatic rings. The number of primary amides is 1. The lowest BCUT2D eigenvalue weighted by atomic mass is 9.97. The van der Waals surface area contributed by atoms with E-state index in [0.29, 0.717) is 6.42 Å². The summed E-state index contributed by atoms with van der Waals surface area (Å²) < 4.78 is 5.59. The summed E-state index contributed by atoms with van der Waals surface area (Å²) in [5.74, 6) is 0.515. The molecule has 5 nitrogen and oxygen atoms in total. The molecule has 0 aliphatic heterocycles. The maximum atomic E-state index is 11.3. The molecular weight excluding hydrogens is 230 g/mol. The van der Waals surface area contributed by atoms with E-state index in [0.717, 1.165) is 32.2 Å². The van der Waals surface area contributed by atoms with E-state index in [1.807, 2.05) is 14.0 Å².